The Morgan fingerprint density at radius 2 is 1.69 bits per heavy atom. The fourth-order valence-corrected chi connectivity index (χ4v) is 2.69. The van der Waals surface area contributed by atoms with E-state index in [1.54, 1.807) is 42.7 Å². The van der Waals surface area contributed by atoms with Crippen LogP contribution in [0.25, 0.3) is 0 Å². The molecule has 26 heavy (non-hydrogen) atoms. The molecule has 0 saturated carbocycles. The minimum atomic E-state index is -0.213. The van der Waals surface area contributed by atoms with Crippen LogP contribution in [0.4, 0.5) is 11.4 Å². The number of anilines is 2. The molecule has 0 bridgehead atoms. The second-order valence-electron chi connectivity index (χ2n) is 5.76. The van der Waals surface area contributed by atoms with Crippen LogP contribution in [0, 0.1) is 0 Å². The Labute approximate surface area is 165 Å². The number of carbonyl (C=O) groups excluding carboxylic acids is 2. The van der Waals surface area contributed by atoms with Crippen molar-refractivity contribution in [1.82, 2.24) is 10.3 Å². The highest BCUT2D eigenvalue weighted by Gasteiger charge is 2.20. The number of benzene rings is 1. The molecule has 140 valence electrons. The molecule has 1 aliphatic rings. The zero-order valence-corrected chi connectivity index (χ0v) is 15.7. The minimum Gasteiger partial charge on any atom is -0.325 e. The van der Waals surface area contributed by atoms with Gasteiger partial charge in [0.05, 0.1) is 6.04 Å². The van der Waals surface area contributed by atoms with E-state index in [0.29, 0.717) is 16.9 Å². The predicted octanol–water partition coefficient (Wildman–Crippen LogP) is 3.26. The van der Waals surface area contributed by atoms with E-state index in [2.05, 4.69) is 20.9 Å². The van der Waals surface area contributed by atoms with Gasteiger partial charge in [-0.15, -0.1) is 24.8 Å². The van der Waals surface area contributed by atoms with Crippen molar-refractivity contribution in [2.24, 2.45) is 0 Å². The second-order valence-corrected chi connectivity index (χ2v) is 5.76. The van der Waals surface area contributed by atoms with Crippen LogP contribution in [0.5, 0.6) is 0 Å². The predicted molar refractivity (Wildman–Crippen MR) is 107 cm³/mol. The molecule has 8 heteroatoms. The number of pyridine rings is 1. The highest BCUT2D eigenvalue weighted by Crippen LogP contribution is 2.17. The standard InChI is InChI=1S/C18H20N4O2.2ClH/c23-17(13-7-10-19-11-8-13)21-14-4-3-5-15(12-14)22-18(24)16-6-1-2-9-20-16;;/h3-5,7-8,10-12,16,20H,1-2,6,9H2,(H,21,23)(H,22,24);2*1H. The lowest BCUT2D eigenvalue weighted by atomic mass is 10.0. The Kier molecular flexibility index (Phi) is 9.05. The first-order valence-electron chi connectivity index (χ1n) is 8.08. The molecule has 0 spiro atoms. The summed E-state index contributed by atoms with van der Waals surface area (Å²) >= 11 is 0. The van der Waals surface area contributed by atoms with Crippen LogP contribution in [0.3, 0.4) is 0 Å². The Morgan fingerprint density at radius 1 is 1.00 bits per heavy atom. The molecule has 1 atom stereocenters. The van der Waals surface area contributed by atoms with Crippen LogP contribution >= 0.6 is 24.8 Å². The Hall–Kier alpha value is -2.15. The SMILES string of the molecule is Cl.Cl.O=C(Nc1cccc(NC(=O)C2CCCCN2)c1)c1ccncc1. The van der Waals surface area contributed by atoms with Gasteiger partial charge in [0.15, 0.2) is 0 Å². The molecular weight excluding hydrogens is 375 g/mol. The first kappa shape index (κ1) is 21.9. The number of nitrogens with zero attached hydrogens (tertiary/aromatic N) is 1. The van der Waals surface area contributed by atoms with E-state index in [-0.39, 0.29) is 42.7 Å². The fraction of sp³-hybridized carbons (Fsp3) is 0.278. The summed E-state index contributed by atoms with van der Waals surface area (Å²) < 4.78 is 0. The number of halogens is 2. The van der Waals surface area contributed by atoms with Crippen molar-refractivity contribution < 1.29 is 9.59 Å². The normalized spacial score (nSPS) is 15.8. The summed E-state index contributed by atoms with van der Waals surface area (Å²) in [7, 11) is 0. The zero-order chi connectivity index (χ0) is 16.8. The van der Waals surface area contributed by atoms with Gasteiger partial charge in [-0.05, 0) is 49.7 Å². The third-order valence-corrected chi connectivity index (χ3v) is 3.96. The van der Waals surface area contributed by atoms with E-state index in [9.17, 15) is 9.59 Å². The first-order chi connectivity index (χ1) is 11.7. The van der Waals surface area contributed by atoms with Crippen molar-refractivity contribution in [3.05, 3.63) is 54.4 Å². The van der Waals surface area contributed by atoms with Crippen LogP contribution in [0.1, 0.15) is 29.6 Å². The van der Waals surface area contributed by atoms with Gasteiger partial charge in [-0.1, -0.05) is 12.5 Å². The fourth-order valence-electron chi connectivity index (χ4n) is 2.69. The molecule has 1 aromatic heterocycles. The molecule has 2 aromatic rings. The molecule has 0 radical (unpaired) electrons. The number of amides is 2. The maximum atomic E-state index is 12.3. The largest absolute Gasteiger partial charge is 0.325 e. The van der Waals surface area contributed by atoms with E-state index < -0.39 is 0 Å². The van der Waals surface area contributed by atoms with E-state index in [1.807, 2.05) is 6.07 Å². The van der Waals surface area contributed by atoms with Crippen molar-refractivity contribution >= 4 is 48.0 Å². The van der Waals surface area contributed by atoms with Gasteiger partial charge in [-0.25, -0.2) is 0 Å². The highest BCUT2D eigenvalue weighted by atomic mass is 35.5. The van der Waals surface area contributed by atoms with Crippen LogP contribution in [0.15, 0.2) is 48.8 Å². The third kappa shape index (κ3) is 5.98. The van der Waals surface area contributed by atoms with Crippen LogP contribution in [-0.2, 0) is 4.79 Å². The minimum absolute atomic E-state index is 0. The zero-order valence-electron chi connectivity index (χ0n) is 14.1. The van der Waals surface area contributed by atoms with Gasteiger partial charge in [0.1, 0.15) is 0 Å². The van der Waals surface area contributed by atoms with E-state index in [0.717, 1.165) is 25.8 Å². The molecule has 0 aliphatic carbocycles. The monoisotopic (exact) mass is 396 g/mol. The maximum Gasteiger partial charge on any atom is 0.255 e. The molecular formula is C18H22Cl2N4O2. The number of hydrogen-bond donors (Lipinski definition) is 3. The molecule has 1 aromatic carbocycles. The summed E-state index contributed by atoms with van der Waals surface area (Å²) in [5, 5.41) is 8.94. The quantitative estimate of drug-likeness (QED) is 0.740. The van der Waals surface area contributed by atoms with Gasteiger partial charge < -0.3 is 16.0 Å². The summed E-state index contributed by atoms with van der Waals surface area (Å²) in [4.78, 5) is 28.3. The molecule has 1 unspecified atom stereocenters. The molecule has 1 fully saturated rings. The molecule has 1 aliphatic heterocycles. The van der Waals surface area contributed by atoms with E-state index >= 15 is 0 Å². The maximum absolute atomic E-state index is 12.3. The lowest BCUT2D eigenvalue weighted by Crippen LogP contribution is -2.43. The van der Waals surface area contributed by atoms with Crippen LogP contribution < -0.4 is 16.0 Å². The van der Waals surface area contributed by atoms with Crippen molar-refractivity contribution in [2.45, 2.75) is 25.3 Å². The topological polar surface area (TPSA) is 83.1 Å². The number of aromatic nitrogens is 1. The van der Waals surface area contributed by atoms with Crippen LogP contribution in [-0.4, -0.2) is 29.4 Å². The lowest BCUT2D eigenvalue weighted by molar-refractivity contribution is -0.118. The van der Waals surface area contributed by atoms with Crippen molar-refractivity contribution in [3.8, 4) is 0 Å². The smallest absolute Gasteiger partial charge is 0.255 e. The Morgan fingerprint density at radius 3 is 2.35 bits per heavy atom. The summed E-state index contributed by atoms with van der Waals surface area (Å²) in [6.07, 6.45) is 6.17. The third-order valence-electron chi connectivity index (χ3n) is 3.96. The van der Waals surface area contributed by atoms with Gasteiger partial charge >= 0.3 is 0 Å². The van der Waals surface area contributed by atoms with Crippen molar-refractivity contribution in [1.29, 1.82) is 0 Å². The first-order valence-corrected chi connectivity index (χ1v) is 8.08. The average Bonchev–Trinajstić information content (AvgIpc) is 2.63. The van der Waals surface area contributed by atoms with Gasteiger partial charge in [0.25, 0.3) is 5.91 Å². The lowest BCUT2D eigenvalue weighted by Gasteiger charge is -2.22. The number of hydrogen-bond acceptors (Lipinski definition) is 4. The van der Waals surface area contributed by atoms with E-state index in [1.165, 1.54) is 0 Å². The number of piperidine rings is 1. The van der Waals surface area contributed by atoms with Crippen LogP contribution in [0.2, 0.25) is 0 Å². The molecule has 3 rings (SSSR count). The van der Waals surface area contributed by atoms with Gasteiger partial charge in [-0.3, -0.25) is 14.6 Å². The van der Waals surface area contributed by atoms with Crippen molar-refractivity contribution in [2.75, 3.05) is 17.2 Å². The van der Waals surface area contributed by atoms with Gasteiger partial charge in [0.2, 0.25) is 5.91 Å². The number of nitrogens with one attached hydrogen (secondary N) is 3. The molecule has 2 amide bonds. The molecule has 3 N–H and O–H groups in total. The van der Waals surface area contributed by atoms with Gasteiger partial charge in [0, 0.05) is 29.3 Å². The average molecular weight is 397 g/mol. The summed E-state index contributed by atoms with van der Waals surface area (Å²) in [6, 6.07) is 10.3. The van der Waals surface area contributed by atoms with E-state index in [4.69, 9.17) is 0 Å². The molecule has 6 nitrogen and oxygen atoms in total. The summed E-state index contributed by atoms with van der Waals surface area (Å²) in [5.41, 5.74) is 1.83. The summed E-state index contributed by atoms with van der Waals surface area (Å²) in [6.45, 7) is 0.875. The Balaban J connectivity index is 0.00000169. The highest BCUT2D eigenvalue weighted by molar-refractivity contribution is 6.04. The number of carbonyl (C=O) groups is 2. The Bertz CT molecular complexity index is 722. The second kappa shape index (κ2) is 10.8. The summed E-state index contributed by atoms with van der Waals surface area (Å²) in [5.74, 6) is -0.248. The molecule has 1 saturated heterocycles. The number of rotatable bonds is 4. The van der Waals surface area contributed by atoms with Crippen molar-refractivity contribution in [3.63, 3.8) is 0 Å². The van der Waals surface area contributed by atoms with Gasteiger partial charge in [-0.2, -0.15) is 0 Å². The molecule has 2 heterocycles.